The lowest BCUT2D eigenvalue weighted by atomic mass is 10.2. The van der Waals surface area contributed by atoms with Gasteiger partial charge >= 0.3 is 0 Å². The zero-order chi connectivity index (χ0) is 17.6. The summed E-state index contributed by atoms with van der Waals surface area (Å²) in [5.74, 6) is 0.896. The summed E-state index contributed by atoms with van der Waals surface area (Å²) in [6.07, 6.45) is 4.81. The van der Waals surface area contributed by atoms with Crippen LogP contribution in [0.3, 0.4) is 0 Å². The van der Waals surface area contributed by atoms with Crippen molar-refractivity contribution in [1.29, 1.82) is 0 Å². The summed E-state index contributed by atoms with van der Waals surface area (Å²) in [4.78, 5) is 20.7. The Labute approximate surface area is 154 Å². The zero-order valence-electron chi connectivity index (χ0n) is 13.8. The minimum atomic E-state index is -0.101. The van der Waals surface area contributed by atoms with E-state index in [2.05, 4.69) is 43.4 Å². The van der Waals surface area contributed by atoms with Gasteiger partial charge in [-0.3, -0.25) is 9.78 Å². The number of rotatable bonds is 7. The van der Waals surface area contributed by atoms with Crippen LogP contribution in [0.15, 0.2) is 59.9 Å². The predicted octanol–water partition coefficient (Wildman–Crippen LogP) is 3.70. The lowest BCUT2D eigenvalue weighted by Crippen LogP contribution is -2.25. The number of fused-ring (bicyclic) bond motifs is 1. The first kappa shape index (κ1) is 17.4. The Kier molecular flexibility index (Phi) is 5.60. The van der Waals surface area contributed by atoms with E-state index in [1.807, 2.05) is 18.2 Å². The number of hydrogen-bond donors (Lipinski definition) is 1. The third-order valence-corrected chi connectivity index (χ3v) is 4.10. The van der Waals surface area contributed by atoms with Gasteiger partial charge in [-0.25, -0.2) is 4.98 Å². The summed E-state index contributed by atoms with van der Waals surface area (Å²) in [5.41, 5.74) is 2.65. The average Bonchev–Trinajstić information content (AvgIpc) is 2.96. The highest BCUT2D eigenvalue weighted by molar-refractivity contribution is 9.11. The average molecular weight is 399 g/mol. The largest absolute Gasteiger partial charge is 0.352 e. The molecule has 0 saturated heterocycles. The Morgan fingerprint density at radius 2 is 2.08 bits per heavy atom. The van der Waals surface area contributed by atoms with Crippen molar-refractivity contribution in [2.45, 2.75) is 19.4 Å². The van der Waals surface area contributed by atoms with E-state index in [1.54, 1.807) is 24.5 Å². The summed E-state index contributed by atoms with van der Waals surface area (Å²) in [6, 6.07) is 11.6. The van der Waals surface area contributed by atoms with Crippen molar-refractivity contribution in [3.63, 3.8) is 0 Å². The van der Waals surface area contributed by atoms with Crippen molar-refractivity contribution in [1.82, 2.24) is 19.9 Å². The number of nitrogens with one attached hydrogen (secondary N) is 1. The molecule has 2 aromatic heterocycles. The summed E-state index contributed by atoms with van der Waals surface area (Å²) in [6.45, 7) is 5.20. The zero-order valence-corrected chi connectivity index (χ0v) is 15.4. The maximum Gasteiger partial charge on any atom is 0.252 e. The molecular formula is C19H19BrN4O. The normalized spacial score (nSPS) is 10.8. The van der Waals surface area contributed by atoms with Crippen LogP contribution in [0.2, 0.25) is 0 Å². The SMILES string of the molecule is C=C(Br)Cn1c(CCCNC(=O)c2cccnc2)nc2ccccc21. The van der Waals surface area contributed by atoms with E-state index >= 15 is 0 Å². The number of allylic oxidation sites excluding steroid dienone is 1. The quantitative estimate of drug-likeness (QED) is 0.617. The van der Waals surface area contributed by atoms with E-state index in [0.29, 0.717) is 18.7 Å². The van der Waals surface area contributed by atoms with Crippen molar-refractivity contribution < 1.29 is 4.79 Å². The fraction of sp³-hybridized carbons (Fsp3) is 0.211. The van der Waals surface area contributed by atoms with Crippen LogP contribution >= 0.6 is 15.9 Å². The van der Waals surface area contributed by atoms with Gasteiger partial charge in [-0.15, -0.1) is 0 Å². The van der Waals surface area contributed by atoms with E-state index in [4.69, 9.17) is 4.98 Å². The van der Waals surface area contributed by atoms with Crippen molar-refractivity contribution in [2.24, 2.45) is 0 Å². The van der Waals surface area contributed by atoms with Crippen LogP contribution in [0.4, 0.5) is 0 Å². The van der Waals surface area contributed by atoms with Gasteiger partial charge in [-0.05, 0) is 30.7 Å². The first-order valence-corrected chi connectivity index (χ1v) is 8.90. The van der Waals surface area contributed by atoms with Crippen molar-refractivity contribution in [2.75, 3.05) is 6.54 Å². The van der Waals surface area contributed by atoms with Gasteiger partial charge in [0.1, 0.15) is 5.82 Å². The number of carbonyl (C=O) groups is 1. The summed E-state index contributed by atoms with van der Waals surface area (Å²) >= 11 is 3.44. The number of halogens is 1. The van der Waals surface area contributed by atoms with Crippen molar-refractivity contribution in [3.05, 3.63) is 71.2 Å². The van der Waals surface area contributed by atoms with Crippen LogP contribution in [0.1, 0.15) is 22.6 Å². The molecule has 1 aromatic carbocycles. The van der Waals surface area contributed by atoms with Gasteiger partial charge in [0.05, 0.1) is 23.1 Å². The number of pyridine rings is 1. The molecule has 5 nitrogen and oxygen atoms in total. The highest BCUT2D eigenvalue weighted by Gasteiger charge is 2.11. The van der Waals surface area contributed by atoms with Gasteiger partial charge in [-0.1, -0.05) is 34.6 Å². The Bertz CT molecular complexity index is 889. The topological polar surface area (TPSA) is 59.8 Å². The van der Waals surface area contributed by atoms with Gasteiger partial charge in [0, 0.05) is 29.8 Å². The smallest absolute Gasteiger partial charge is 0.252 e. The molecule has 0 aliphatic carbocycles. The Hall–Kier alpha value is -2.47. The maximum atomic E-state index is 12.0. The second kappa shape index (κ2) is 8.07. The molecule has 2 heterocycles. The molecule has 3 aromatic rings. The summed E-state index contributed by atoms with van der Waals surface area (Å²) < 4.78 is 3.07. The minimum Gasteiger partial charge on any atom is -0.352 e. The van der Waals surface area contributed by atoms with Crippen LogP contribution in [0.5, 0.6) is 0 Å². The minimum absolute atomic E-state index is 0.101. The van der Waals surface area contributed by atoms with E-state index in [-0.39, 0.29) is 5.91 Å². The Balaban J connectivity index is 1.63. The number of imidazole rings is 1. The first-order valence-electron chi connectivity index (χ1n) is 8.11. The third kappa shape index (κ3) is 4.33. The van der Waals surface area contributed by atoms with Crippen LogP contribution < -0.4 is 5.32 Å². The molecule has 0 radical (unpaired) electrons. The Morgan fingerprint density at radius 3 is 2.84 bits per heavy atom. The number of benzene rings is 1. The second-order valence-electron chi connectivity index (χ2n) is 5.72. The fourth-order valence-electron chi connectivity index (χ4n) is 2.71. The maximum absolute atomic E-state index is 12.0. The van der Waals surface area contributed by atoms with Gasteiger partial charge in [0.25, 0.3) is 5.91 Å². The summed E-state index contributed by atoms with van der Waals surface area (Å²) in [5, 5.41) is 2.92. The molecule has 128 valence electrons. The number of amides is 1. The number of aryl methyl sites for hydroxylation is 1. The second-order valence-corrected chi connectivity index (χ2v) is 6.84. The standard InChI is InChI=1S/C19H19BrN4O/c1-14(20)13-24-17-8-3-2-7-16(17)23-18(24)9-5-11-22-19(25)15-6-4-10-21-12-15/h2-4,6-8,10,12H,1,5,9,11,13H2,(H,22,25). The van der Waals surface area contributed by atoms with E-state index in [9.17, 15) is 4.79 Å². The lowest BCUT2D eigenvalue weighted by Gasteiger charge is -2.09. The molecule has 0 aliphatic rings. The number of carbonyl (C=O) groups excluding carboxylic acids is 1. The molecule has 1 N–H and O–H groups in total. The first-order chi connectivity index (χ1) is 12.1. The van der Waals surface area contributed by atoms with Gasteiger partial charge in [0.15, 0.2) is 0 Å². The van der Waals surface area contributed by atoms with Gasteiger partial charge < -0.3 is 9.88 Å². The molecule has 3 rings (SSSR count). The number of nitrogens with zero attached hydrogens (tertiary/aromatic N) is 3. The molecule has 0 spiro atoms. The third-order valence-electron chi connectivity index (χ3n) is 3.85. The van der Waals surface area contributed by atoms with Crippen molar-refractivity contribution in [3.8, 4) is 0 Å². The number of hydrogen-bond acceptors (Lipinski definition) is 3. The molecular weight excluding hydrogens is 380 g/mol. The van der Waals surface area contributed by atoms with E-state index < -0.39 is 0 Å². The van der Waals surface area contributed by atoms with E-state index in [1.165, 1.54) is 0 Å². The molecule has 1 amide bonds. The number of para-hydroxylation sites is 2. The lowest BCUT2D eigenvalue weighted by molar-refractivity contribution is 0.0953. The van der Waals surface area contributed by atoms with Crippen LogP contribution in [0, 0.1) is 0 Å². The molecule has 0 fully saturated rings. The van der Waals surface area contributed by atoms with Crippen LogP contribution in [0.25, 0.3) is 11.0 Å². The molecule has 25 heavy (non-hydrogen) atoms. The molecule has 0 saturated carbocycles. The molecule has 0 atom stereocenters. The highest BCUT2D eigenvalue weighted by atomic mass is 79.9. The summed E-state index contributed by atoms with van der Waals surface area (Å²) in [7, 11) is 0. The molecule has 6 heteroatoms. The molecule has 0 bridgehead atoms. The van der Waals surface area contributed by atoms with Gasteiger partial charge in [0.2, 0.25) is 0 Å². The Morgan fingerprint density at radius 1 is 1.24 bits per heavy atom. The number of aromatic nitrogens is 3. The monoisotopic (exact) mass is 398 g/mol. The fourth-order valence-corrected chi connectivity index (χ4v) is 2.96. The van der Waals surface area contributed by atoms with Crippen LogP contribution in [-0.2, 0) is 13.0 Å². The molecule has 0 unspecified atom stereocenters. The highest BCUT2D eigenvalue weighted by Crippen LogP contribution is 2.19. The molecule has 0 aliphatic heterocycles. The predicted molar refractivity (Wildman–Crippen MR) is 103 cm³/mol. The van der Waals surface area contributed by atoms with Crippen molar-refractivity contribution >= 4 is 32.9 Å². The van der Waals surface area contributed by atoms with Gasteiger partial charge in [-0.2, -0.15) is 0 Å². The van der Waals surface area contributed by atoms with E-state index in [0.717, 1.165) is 34.2 Å². The van der Waals surface area contributed by atoms with Crippen LogP contribution in [-0.4, -0.2) is 27.0 Å².